The van der Waals surface area contributed by atoms with E-state index in [9.17, 15) is 0 Å². The summed E-state index contributed by atoms with van der Waals surface area (Å²) < 4.78 is 6.10. The van der Waals surface area contributed by atoms with Crippen LogP contribution in [-0.2, 0) is 4.74 Å². The summed E-state index contributed by atoms with van der Waals surface area (Å²) in [4.78, 5) is 0. The van der Waals surface area contributed by atoms with Crippen LogP contribution in [0.2, 0.25) is 0 Å². The van der Waals surface area contributed by atoms with Gasteiger partial charge in [0.15, 0.2) is 0 Å². The van der Waals surface area contributed by atoms with Gasteiger partial charge in [0.05, 0.1) is 6.10 Å². The second-order valence-corrected chi connectivity index (χ2v) is 6.39. The van der Waals surface area contributed by atoms with Crippen LogP contribution in [0.15, 0.2) is 0 Å². The van der Waals surface area contributed by atoms with Crippen molar-refractivity contribution in [1.82, 2.24) is 0 Å². The van der Waals surface area contributed by atoms with Gasteiger partial charge < -0.3 is 4.74 Å². The van der Waals surface area contributed by atoms with Gasteiger partial charge in [-0.2, -0.15) is 0 Å². The average molecular weight is 285 g/mol. The van der Waals surface area contributed by atoms with Gasteiger partial charge in [0.2, 0.25) is 0 Å². The summed E-state index contributed by atoms with van der Waals surface area (Å²) in [5.41, 5.74) is 0. The van der Waals surface area contributed by atoms with E-state index in [0.717, 1.165) is 12.5 Å². The van der Waals surface area contributed by atoms with Crippen molar-refractivity contribution in [1.29, 1.82) is 0 Å². The number of hydrogen-bond donors (Lipinski definition) is 0. The minimum Gasteiger partial charge on any atom is -0.378 e. The highest BCUT2D eigenvalue weighted by Gasteiger charge is 2.16. The fourth-order valence-electron chi connectivity index (χ4n) is 2.85. The minimum atomic E-state index is 0.463. The second kappa shape index (κ2) is 15.4. The molecule has 0 aromatic carbocycles. The van der Waals surface area contributed by atoms with Crippen molar-refractivity contribution < 1.29 is 4.74 Å². The lowest BCUT2D eigenvalue weighted by atomic mass is 9.91. The predicted molar refractivity (Wildman–Crippen MR) is 91.3 cm³/mol. The summed E-state index contributed by atoms with van der Waals surface area (Å²) in [5.74, 6) is 0.790. The molecule has 0 aromatic rings. The molecule has 0 heterocycles. The lowest BCUT2D eigenvalue weighted by Gasteiger charge is -2.24. The highest BCUT2D eigenvalue weighted by atomic mass is 16.5. The maximum absolute atomic E-state index is 6.10. The first-order valence-electron chi connectivity index (χ1n) is 9.37. The van der Waals surface area contributed by atoms with E-state index < -0.39 is 0 Å². The Morgan fingerprint density at radius 2 is 1.20 bits per heavy atom. The van der Waals surface area contributed by atoms with E-state index in [0.29, 0.717) is 6.10 Å². The zero-order valence-electron chi connectivity index (χ0n) is 14.8. The van der Waals surface area contributed by atoms with Crippen molar-refractivity contribution in [3.05, 3.63) is 0 Å². The number of ether oxygens (including phenoxy) is 1. The summed E-state index contributed by atoms with van der Waals surface area (Å²) >= 11 is 0. The van der Waals surface area contributed by atoms with Crippen LogP contribution in [0.25, 0.3) is 0 Å². The molecule has 0 spiro atoms. The molecule has 2 atom stereocenters. The molecular formula is C19H40O. The van der Waals surface area contributed by atoms with E-state index in [1.807, 2.05) is 0 Å². The van der Waals surface area contributed by atoms with Crippen molar-refractivity contribution in [3.8, 4) is 0 Å². The number of rotatable bonds is 15. The van der Waals surface area contributed by atoms with Crippen LogP contribution in [-0.4, -0.2) is 12.7 Å². The topological polar surface area (TPSA) is 9.23 Å². The van der Waals surface area contributed by atoms with Gasteiger partial charge in [0, 0.05) is 6.61 Å². The van der Waals surface area contributed by atoms with Gasteiger partial charge in [0.1, 0.15) is 0 Å². The molecule has 0 aliphatic rings. The van der Waals surface area contributed by atoms with Crippen molar-refractivity contribution in [2.24, 2.45) is 5.92 Å². The van der Waals surface area contributed by atoms with Crippen LogP contribution in [0.5, 0.6) is 0 Å². The third-order valence-corrected chi connectivity index (χ3v) is 4.40. The summed E-state index contributed by atoms with van der Waals surface area (Å²) in [6.07, 6.45) is 16.6. The molecule has 0 aliphatic heterocycles. The molecule has 0 aromatic heterocycles. The van der Waals surface area contributed by atoms with Gasteiger partial charge in [-0.1, -0.05) is 78.6 Å². The molecule has 0 N–H and O–H groups in total. The molecule has 2 unspecified atom stereocenters. The van der Waals surface area contributed by atoms with E-state index >= 15 is 0 Å². The Morgan fingerprint density at radius 3 is 1.80 bits per heavy atom. The van der Waals surface area contributed by atoms with Gasteiger partial charge in [-0.05, 0) is 32.1 Å². The third kappa shape index (κ3) is 11.8. The van der Waals surface area contributed by atoms with E-state index in [2.05, 4.69) is 27.7 Å². The smallest absolute Gasteiger partial charge is 0.0575 e. The van der Waals surface area contributed by atoms with E-state index in [4.69, 9.17) is 4.74 Å². The Labute approximate surface area is 128 Å². The maximum Gasteiger partial charge on any atom is 0.0575 e. The van der Waals surface area contributed by atoms with E-state index in [1.165, 1.54) is 77.0 Å². The summed E-state index contributed by atoms with van der Waals surface area (Å²) in [6, 6.07) is 0. The Balaban J connectivity index is 3.83. The molecule has 1 heteroatoms. The van der Waals surface area contributed by atoms with Crippen molar-refractivity contribution >= 4 is 0 Å². The van der Waals surface area contributed by atoms with Crippen molar-refractivity contribution in [3.63, 3.8) is 0 Å². The fraction of sp³-hybridized carbons (Fsp3) is 1.00. The molecule has 0 radical (unpaired) electrons. The van der Waals surface area contributed by atoms with Crippen LogP contribution in [0, 0.1) is 5.92 Å². The first-order chi connectivity index (χ1) is 9.76. The molecule has 1 nitrogen and oxygen atoms in total. The molecule has 0 aliphatic carbocycles. The molecule has 0 amide bonds. The van der Waals surface area contributed by atoms with Crippen LogP contribution in [0.3, 0.4) is 0 Å². The van der Waals surface area contributed by atoms with Gasteiger partial charge in [0.25, 0.3) is 0 Å². The minimum absolute atomic E-state index is 0.463. The number of hydrogen-bond acceptors (Lipinski definition) is 1. The molecule has 0 bridgehead atoms. The molecule has 0 rings (SSSR count). The fourth-order valence-corrected chi connectivity index (χ4v) is 2.85. The van der Waals surface area contributed by atoms with Crippen LogP contribution in [0.4, 0.5) is 0 Å². The first kappa shape index (κ1) is 20.0. The molecule has 0 fully saturated rings. The molecule has 122 valence electrons. The van der Waals surface area contributed by atoms with Crippen molar-refractivity contribution in [2.45, 2.75) is 111 Å². The Morgan fingerprint density at radius 1 is 0.650 bits per heavy atom. The zero-order chi connectivity index (χ0) is 15.1. The Kier molecular flexibility index (Phi) is 15.3. The van der Waals surface area contributed by atoms with Gasteiger partial charge in [-0.15, -0.1) is 0 Å². The lowest BCUT2D eigenvalue weighted by molar-refractivity contribution is 0.0158. The number of unbranched alkanes of at least 4 members (excludes halogenated alkanes) is 7. The summed E-state index contributed by atoms with van der Waals surface area (Å²) in [6.45, 7) is 10.1. The molecule has 0 saturated heterocycles. The Hall–Kier alpha value is -0.0400. The summed E-state index contributed by atoms with van der Waals surface area (Å²) in [7, 11) is 0. The quantitative estimate of drug-likeness (QED) is 0.302. The van der Waals surface area contributed by atoms with Gasteiger partial charge in [-0.3, -0.25) is 0 Å². The highest BCUT2D eigenvalue weighted by Crippen LogP contribution is 2.23. The van der Waals surface area contributed by atoms with Crippen molar-refractivity contribution in [2.75, 3.05) is 6.61 Å². The van der Waals surface area contributed by atoms with Gasteiger partial charge >= 0.3 is 0 Å². The maximum atomic E-state index is 6.10. The monoisotopic (exact) mass is 284 g/mol. The summed E-state index contributed by atoms with van der Waals surface area (Å²) in [5, 5.41) is 0. The highest BCUT2D eigenvalue weighted by molar-refractivity contribution is 4.67. The predicted octanol–water partition coefficient (Wildman–Crippen LogP) is 6.75. The average Bonchev–Trinajstić information content (AvgIpc) is 2.46. The standard InChI is InChI=1S/C19H40O/c1-5-8-11-13-16-19(15-10-7-3)18(4)20-17-14-12-9-6-2/h18-19H,5-17H2,1-4H3. The van der Waals surface area contributed by atoms with Gasteiger partial charge in [-0.25, -0.2) is 0 Å². The normalized spacial score (nSPS) is 14.4. The zero-order valence-corrected chi connectivity index (χ0v) is 14.8. The lowest BCUT2D eigenvalue weighted by Crippen LogP contribution is -2.21. The van der Waals surface area contributed by atoms with Crippen LogP contribution in [0.1, 0.15) is 105 Å². The first-order valence-corrected chi connectivity index (χ1v) is 9.37. The Bertz CT molecular complexity index is 179. The third-order valence-electron chi connectivity index (χ3n) is 4.40. The van der Waals surface area contributed by atoms with E-state index in [1.54, 1.807) is 0 Å². The SMILES string of the molecule is CCCCCCOC(C)C(CCCC)CCCCCC. The molecule has 0 saturated carbocycles. The van der Waals surface area contributed by atoms with Crippen LogP contribution >= 0.6 is 0 Å². The van der Waals surface area contributed by atoms with E-state index in [-0.39, 0.29) is 0 Å². The molecule has 20 heavy (non-hydrogen) atoms. The second-order valence-electron chi connectivity index (χ2n) is 6.39. The molecular weight excluding hydrogens is 244 g/mol. The van der Waals surface area contributed by atoms with Crippen LogP contribution < -0.4 is 0 Å². The largest absolute Gasteiger partial charge is 0.378 e.